The fourth-order valence-electron chi connectivity index (χ4n) is 3.14. The number of para-hydroxylation sites is 1. The molecule has 2 aromatic rings. The minimum Gasteiger partial charge on any atom is -0.328 e. The van der Waals surface area contributed by atoms with Gasteiger partial charge in [-0.2, -0.15) is 0 Å². The lowest BCUT2D eigenvalue weighted by molar-refractivity contribution is -0.114. The normalized spacial score (nSPS) is 16.0. The van der Waals surface area contributed by atoms with E-state index in [1.165, 1.54) is 6.92 Å². The van der Waals surface area contributed by atoms with Gasteiger partial charge >= 0.3 is 0 Å². The molecule has 1 aliphatic heterocycles. The lowest BCUT2D eigenvalue weighted by Gasteiger charge is -2.25. The van der Waals surface area contributed by atoms with Crippen molar-refractivity contribution in [2.75, 3.05) is 16.8 Å². The number of nitrogens with zero attached hydrogens (tertiary/aromatic N) is 1. The Morgan fingerprint density at radius 3 is 2.71 bits per heavy atom. The number of aryl methyl sites for hydroxylation is 1. The molecule has 3 rings (SSSR count). The Balaban J connectivity index is 1.98. The number of fused-ring (bicyclic) bond motifs is 1. The van der Waals surface area contributed by atoms with Gasteiger partial charge in [0.1, 0.15) is 0 Å². The van der Waals surface area contributed by atoms with Crippen molar-refractivity contribution in [2.45, 2.75) is 26.3 Å². The number of rotatable bonds is 3. The fourth-order valence-corrected chi connectivity index (χ4v) is 3.14. The molecule has 1 aliphatic rings. The third kappa shape index (κ3) is 2.90. The van der Waals surface area contributed by atoms with E-state index in [2.05, 4.69) is 5.32 Å². The molecule has 2 aromatic carbocycles. The van der Waals surface area contributed by atoms with Crippen LogP contribution in [0.1, 0.15) is 28.4 Å². The predicted octanol–water partition coefficient (Wildman–Crippen LogP) is 2.48. The molecule has 5 heteroatoms. The van der Waals surface area contributed by atoms with E-state index in [4.69, 9.17) is 5.73 Å². The van der Waals surface area contributed by atoms with Gasteiger partial charge in [0.15, 0.2) is 0 Å². The smallest absolute Gasteiger partial charge is 0.258 e. The molecule has 2 amide bonds. The Labute approximate surface area is 141 Å². The van der Waals surface area contributed by atoms with E-state index < -0.39 is 0 Å². The molecule has 0 saturated heterocycles. The first-order valence-electron chi connectivity index (χ1n) is 8.01. The van der Waals surface area contributed by atoms with Gasteiger partial charge in [-0.1, -0.05) is 24.3 Å². The van der Waals surface area contributed by atoms with E-state index in [0.717, 1.165) is 23.2 Å². The van der Waals surface area contributed by atoms with Gasteiger partial charge in [0.05, 0.1) is 6.04 Å². The van der Waals surface area contributed by atoms with Gasteiger partial charge in [-0.15, -0.1) is 0 Å². The highest BCUT2D eigenvalue weighted by Crippen LogP contribution is 2.33. The van der Waals surface area contributed by atoms with Crippen LogP contribution in [0.2, 0.25) is 0 Å². The number of carbonyl (C=O) groups is 2. The Morgan fingerprint density at radius 1 is 1.25 bits per heavy atom. The first kappa shape index (κ1) is 16.2. The number of carbonyl (C=O) groups excluding carboxylic acids is 2. The van der Waals surface area contributed by atoms with Gasteiger partial charge in [-0.25, -0.2) is 0 Å². The van der Waals surface area contributed by atoms with Crippen molar-refractivity contribution >= 4 is 23.2 Å². The molecular formula is C19H21N3O2. The van der Waals surface area contributed by atoms with Crippen molar-refractivity contribution in [3.05, 3.63) is 59.2 Å². The Bertz CT molecular complexity index is 801. The molecule has 1 heterocycles. The van der Waals surface area contributed by atoms with Crippen LogP contribution < -0.4 is 16.0 Å². The number of nitrogens with two attached hydrogens (primary N) is 1. The fraction of sp³-hybridized carbons (Fsp3) is 0.263. The Morgan fingerprint density at radius 2 is 2.00 bits per heavy atom. The molecule has 3 N–H and O–H groups in total. The summed E-state index contributed by atoms with van der Waals surface area (Å²) in [6, 6.07) is 13.2. The van der Waals surface area contributed by atoms with E-state index >= 15 is 0 Å². The van der Waals surface area contributed by atoms with Crippen molar-refractivity contribution in [1.82, 2.24) is 0 Å². The van der Waals surface area contributed by atoms with Crippen LogP contribution in [0.5, 0.6) is 0 Å². The zero-order valence-corrected chi connectivity index (χ0v) is 13.9. The van der Waals surface area contributed by atoms with Crippen LogP contribution in [0.15, 0.2) is 42.5 Å². The van der Waals surface area contributed by atoms with Crippen LogP contribution in [0.3, 0.4) is 0 Å². The standard InChI is InChI=1S/C19H21N3O2/c1-12-7-8-15(10-17(12)21-13(2)23)19(24)22-16(11-20)9-14-5-3-4-6-18(14)22/h3-8,10,16H,9,11,20H2,1-2H3,(H,21,23). The third-order valence-electron chi connectivity index (χ3n) is 4.36. The maximum absolute atomic E-state index is 13.1. The molecule has 5 nitrogen and oxygen atoms in total. The highest BCUT2D eigenvalue weighted by molar-refractivity contribution is 6.08. The second-order valence-corrected chi connectivity index (χ2v) is 6.11. The molecule has 124 valence electrons. The number of amides is 2. The molecule has 0 saturated carbocycles. The summed E-state index contributed by atoms with van der Waals surface area (Å²) in [7, 11) is 0. The monoisotopic (exact) mass is 323 g/mol. The molecule has 0 fully saturated rings. The topological polar surface area (TPSA) is 75.4 Å². The number of benzene rings is 2. The molecule has 0 aliphatic carbocycles. The zero-order valence-electron chi connectivity index (χ0n) is 13.9. The third-order valence-corrected chi connectivity index (χ3v) is 4.36. The predicted molar refractivity (Wildman–Crippen MR) is 95.3 cm³/mol. The van der Waals surface area contributed by atoms with Crippen LogP contribution >= 0.6 is 0 Å². The average Bonchev–Trinajstić information content (AvgIpc) is 2.94. The molecule has 0 radical (unpaired) electrons. The van der Waals surface area contributed by atoms with Gasteiger partial charge in [-0.05, 0) is 42.7 Å². The molecular weight excluding hydrogens is 302 g/mol. The van der Waals surface area contributed by atoms with E-state index in [1.54, 1.807) is 17.0 Å². The summed E-state index contributed by atoms with van der Waals surface area (Å²) in [5.74, 6) is -0.254. The molecule has 1 unspecified atom stereocenters. The van der Waals surface area contributed by atoms with Gasteiger partial charge in [0.25, 0.3) is 5.91 Å². The summed E-state index contributed by atoms with van der Waals surface area (Å²) in [5.41, 5.74) is 10.1. The van der Waals surface area contributed by atoms with E-state index in [9.17, 15) is 9.59 Å². The largest absolute Gasteiger partial charge is 0.328 e. The van der Waals surface area contributed by atoms with Crippen LogP contribution in [0.4, 0.5) is 11.4 Å². The van der Waals surface area contributed by atoms with Crippen molar-refractivity contribution in [1.29, 1.82) is 0 Å². The summed E-state index contributed by atoms with van der Waals surface area (Å²) in [6.45, 7) is 3.76. The summed E-state index contributed by atoms with van der Waals surface area (Å²) in [6.07, 6.45) is 0.767. The van der Waals surface area contributed by atoms with Crippen molar-refractivity contribution in [3.8, 4) is 0 Å². The van der Waals surface area contributed by atoms with Crippen LogP contribution in [-0.2, 0) is 11.2 Å². The summed E-state index contributed by atoms with van der Waals surface area (Å²) >= 11 is 0. The van der Waals surface area contributed by atoms with Crippen LogP contribution in [0, 0.1) is 6.92 Å². The molecule has 0 aromatic heterocycles. The van der Waals surface area contributed by atoms with Gasteiger partial charge in [0, 0.05) is 30.4 Å². The van der Waals surface area contributed by atoms with E-state index in [-0.39, 0.29) is 17.9 Å². The summed E-state index contributed by atoms with van der Waals surface area (Å²) in [4.78, 5) is 26.2. The van der Waals surface area contributed by atoms with Gasteiger partial charge < -0.3 is 16.0 Å². The van der Waals surface area contributed by atoms with Crippen molar-refractivity contribution < 1.29 is 9.59 Å². The van der Waals surface area contributed by atoms with E-state index in [0.29, 0.717) is 17.8 Å². The second kappa shape index (κ2) is 6.45. The minimum atomic E-state index is -0.158. The Kier molecular flexibility index (Phi) is 4.36. The lowest BCUT2D eigenvalue weighted by Crippen LogP contribution is -2.42. The number of hydrogen-bond acceptors (Lipinski definition) is 3. The van der Waals surface area contributed by atoms with Gasteiger partial charge in [-0.3, -0.25) is 9.59 Å². The lowest BCUT2D eigenvalue weighted by atomic mass is 10.1. The first-order valence-corrected chi connectivity index (χ1v) is 8.01. The van der Waals surface area contributed by atoms with Crippen LogP contribution in [-0.4, -0.2) is 24.4 Å². The van der Waals surface area contributed by atoms with Crippen LogP contribution in [0.25, 0.3) is 0 Å². The second-order valence-electron chi connectivity index (χ2n) is 6.11. The molecule has 0 bridgehead atoms. The zero-order chi connectivity index (χ0) is 17.3. The van der Waals surface area contributed by atoms with Crippen molar-refractivity contribution in [3.63, 3.8) is 0 Å². The highest BCUT2D eigenvalue weighted by atomic mass is 16.2. The minimum absolute atomic E-state index is 0.0413. The molecule has 0 spiro atoms. The summed E-state index contributed by atoms with van der Waals surface area (Å²) < 4.78 is 0. The number of nitrogens with one attached hydrogen (secondary N) is 1. The number of anilines is 2. The van der Waals surface area contributed by atoms with Gasteiger partial charge in [0.2, 0.25) is 5.91 Å². The highest BCUT2D eigenvalue weighted by Gasteiger charge is 2.33. The SMILES string of the molecule is CC(=O)Nc1cc(C(=O)N2c3ccccc3CC2CN)ccc1C. The number of hydrogen-bond donors (Lipinski definition) is 2. The van der Waals surface area contributed by atoms with Crippen molar-refractivity contribution in [2.24, 2.45) is 5.73 Å². The summed E-state index contributed by atoms with van der Waals surface area (Å²) in [5, 5.41) is 2.77. The quantitative estimate of drug-likeness (QED) is 0.911. The van der Waals surface area contributed by atoms with E-state index in [1.807, 2.05) is 37.3 Å². The maximum atomic E-state index is 13.1. The first-order chi connectivity index (χ1) is 11.5. The maximum Gasteiger partial charge on any atom is 0.258 e. The molecule has 1 atom stereocenters. The Hall–Kier alpha value is -2.66. The average molecular weight is 323 g/mol. The molecule has 24 heavy (non-hydrogen) atoms.